The van der Waals surface area contributed by atoms with Crippen molar-refractivity contribution in [3.05, 3.63) is 29.6 Å². The first-order valence-corrected chi connectivity index (χ1v) is 4.54. The number of hydrogen-bond acceptors (Lipinski definition) is 1. The minimum Gasteiger partial charge on any atom is -0.342 e. The van der Waals surface area contributed by atoms with Gasteiger partial charge in [0.05, 0.1) is 5.52 Å². The average Bonchev–Trinajstić information content (AvgIpc) is 2.48. The van der Waals surface area contributed by atoms with E-state index in [1.165, 1.54) is 6.07 Å². The molecule has 1 aromatic heterocycles. The van der Waals surface area contributed by atoms with Gasteiger partial charge in [-0.3, -0.25) is 0 Å². The molecule has 0 radical (unpaired) electrons. The number of aryl methyl sites for hydroxylation is 1. The number of imidazole rings is 1. The maximum absolute atomic E-state index is 13.2. The van der Waals surface area contributed by atoms with Crippen molar-refractivity contribution in [2.24, 2.45) is 0 Å². The molecule has 0 aliphatic heterocycles. The summed E-state index contributed by atoms with van der Waals surface area (Å²) in [6.07, 6.45) is 1.67. The number of hydrogen-bond donors (Lipinski definition) is 1. The fraction of sp³-hybridized carbons (Fsp3) is 0.300. The van der Waals surface area contributed by atoms with Gasteiger partial charge in [-0.1, -0.05) is 6.92 Å². The minimum atomic E-state index is -0.612. The van der Waals surface area contributed by atoms with E-state index in [-0.39, 0.29) is 5.52 Å². The van der Waals surface area contributed by atoms with Crippen LogP contribution in [-0.2, 0) is 6.42 Å². The molecule has 4 heteroatoms. The summed E-state index contributed by atoms with van der Waals surface area (Å²) in [7, 11) is 0. The number of benzene rings is 1. The third-order valence-electron chi connectivity index (χ3n) is 2.04. The zero-order valence-electron chi connectivity index (χ0n) is 7.77. The van der Waals surface area contributed by atoms with Crippen LogP contribution in [0, 0.1) is 11.6 Å². The molecule has 1 aromatic carbocycles. The molecule has 0 amide bonds. The highest BCUT2D eigenvalue weighted by Crippen LogP contribution is 2.17. The lowest BCUT2D eigenvalue weighted by molar-refractivity contribution is 0.590. The van der Waals surface area contributed by atoms with Crippen LogP contribution in [0.1, 0.15) is 19.2 Å². The molecule has 14 heavy (non-hydrogen) atoms. The molecular weight excluding hydrogens is 186 g/mol. The van der Waals surface area contributed by atoms with Gasteiger partial charge in [0.1, 0.15) is 17.2 Å². The van der Waals surface area contributed by atoms with Crippen molar-refractivity contribution in [2.45, 2.75) is 19.8 Å². The maximum atomic E-state index is 13.2. The largest absolute Gasteiger partial charge is 0.342 e. The molecule has 1 N–H and O–H groups in total. The number of fused-ring (bicyclic) bond motifs is 1. The van der Waals surface area contributed by atoms with Crippen LogP contribution in [0.5, 0.6) is 0 Å². The van der Waals surface area contributed by atoms with Gasteiger partial charge in [-0.2, -0.15) is 0 Å². The second-order valence-electron chi connectivity index (χ2n) is 3.22. The van der Waals surface area contributed by atoms with Gasteiger partial charge in [0.2, 0.25) is 0 Å². The van der Waals surface area contributed by atoms with Gasteiger partial charge in [0, 0.05) is 12.5 Å². The Labute approximate surface area is 80.0 Å². The van der Waals surface area contributed by atoms with Crippen molar-refractivity contribution >= 4 is 11.0 Å². The predicted octanol–water partition coefficient (Wildman–Crippen LogP) is 2.79. The van der Waals surface area contributed by atoms with E-state index in [0.717, 1.165) is 18.9 Å². The summed E-state index contributed by atoms with van der Waals surface area (Å²) in [5.41, 5.74) is 0.640. The first-order chi connectivity index (χ1) is 6.70. The molecule has 0 unspecified atom stereocenters. The van der Waals surface area contributed by atoms with Gasteiger partial charge < -0.3 is 4.98 Å². The molecule has 0 aliphatic rings. The minimum absolute atomic E-state index is 0.217. The Morgan fingerprint density at radius 1 is 1.36 bits per heavy atom. The smallest absolute Gasteiger partial charge is 0.153 e. The van der Waals surface area contributed by atoms with Crippen LogP contribution in [0.2, 0.25) is 0 Å². The van der Waals surface area contributed by atoms with E-state index >= 15 is 0 Å². The lowest BCUT2D eigenvalue weighted by Crippen LogP contribution is -1.84. The van der Waals surface area contributed by atoms with Crippen LogP contribution in [0.15, 0.2) is 12.1 Å². The van der Waals surface area contributed by atoms with E-state index in [1.807, 2.05) is 6.92 Å². The van der Waals surface area contributed by atoms with E-state index in [0.29, 0.717) is 11.3 Å². The van der Waals surface area contributed by atoms with Crippen LogP contribution in [0.3, 0.4) is 0 Å². The topological polar surface area (TPSA) is 28.7 Å². The van der Waals surface area contributed by atoms with E-state index in [4.69, 9.17) is 0 Å². The molecule has 2 aromatic rings. The Balaban J connectivity index is 2.58. The fourth-order valence-corrected chi connectivity index (χ4v) is 1.45. The fourth-order valence-electron chi connectivity index (χ4n) is 1.45. The summed E-state index contributed by atoms with van der Waals surface area (Å²) in [5, 5.41) is 0. The number of nitrogens with one attached hydrogen (secondary N) is 1. The Bertz CT molecular complexity index is 462. The molecule has 2 rings (SSSR count). The van der Waals surface area contributed by atoms with Gasteiger partial charge in [0.15, 0.2) is 5.82 Å². The molecule has 0 aliphatic carbocycles. The van der Waals surface area contributed by atoms with Crippen molar-refractivity contribution in [3.63, 3.8) is 0 Å². The van der Waals surface area contributed by atoms with E-state index < -0.39 is 11.6 Å². The lowest BCUT2D eigenvalue weighted by atomic mass is 10.3. The number of aromatic nitrogens is 2. The molecular formula is C10H10F2N2. The molecule has 0 fully saturated rings. The third kappa shape index (κ3) is 1.47. The van der Waals surface area contributed by atoms with Crippen LogP contribution in [-0.4, -0.2) is 9.97 Å². The number of halogens is 2. The standard InChI is InChI=1S/C10H10F2N2/c1-2-3-9-13-8-5-6(11)4-7(12)10(8)14-9/h4-5H,2-3H2,1H3,(H,13,14). The quantitative estimate of drug-likeness (QED) is 0.786. The normalized spacial score (nSPS) is 11.1. The van der Waals surface area contributed by atoms with Crippen molar-refractivity contribution in [3.8, 4) is 0 Å². The average molecular weight is 196 g/mol. The maximum Gasteiger partial charge on any atom is 0.153 e. The summed E-state index contributed by atoms with van der Waals surface area (Å²) in [6, 6.07) is 2.10. The SMILES string of the molecule is CCCc1nc2c(F)cc(F)cc2[nH]1. The number of rotatable bonds is 2. The first-order valence-electron chi connectivity index (χ1n) is 4.54. The van der Waals surface area contributed by atoms with Crippen LogP contribution in [0.4, 0.5) is 8.78 Å². The Morgan fingerprint density at radius 2 is 2.14 bits per heavy atom. The second-order valence-corrected chi connectivity index (χ2v) is 3.22. The van der Waals surface area contributed by atoms with E-state index in [2.05, 4.69) is 9.97 Å². The van der Waals surface area contributed by atoms with Gasteiger partial charge in [0.25, 0.3) is 0 Å². The first kappa shape index (κ1) is 9.12. The van der Waals surface area contributed by atoms with Gasteiger partial charge >= 0.3 is 0 Å². The van der Waals surface area contributed by atoms with E-state index in [9.17, 15) is 8.78 Å². The Kier molecular flexibility index (Phi) is 2.19. The molecule has 0 atom stereocenters. The molecule has 0 saturated carbocycles. The monoisotopic (exact) mass is 196 g/mol. The summed E-state index contributed by atoms with van der Waals surface area (Å²) < 4.78 is 26.0. The summed E-state index contributed by atoms with van der Waals surface area (Å²) >= 11 is 0. The summed E-state index contributed by atoms with van der Waals surface area (Å²) in [6.45, 7) is 2.00. The summed E-state index contributed by atoms with van der Waals surface area (Å²) in [4.78, 5) is 6.93. The van der Waals surface area contributed by atoms with Crippen LogP contribution < -0.4 is 0 Å². The lowest BCUT2D eigenvalue weighted by Gasteiger charge is -1.90. The molecule has 1 heterocycles. The van der Waals surface area contributed by atoms with Crippen molar-refractivity contribution < 1.29 is 8.78 Å². The zero-order valence-corrected chi connectivity index (χ0v) is 7.77. The van der Waals surface area contributed by atoms with Gasteiger partial charge in [-0.25, -0.2) is 13.8 Å². The second kappa shape index (κ2) is 3.36. The highest BCUT2D eigenvalue weighted by Gasteiger charge is 2.08. The number of nitrogens with zero attached hydrogens (tertiary/aromatic N) is 1. The van der Waals surface area contributed by atoms with Crippen molar-refractivity contribution in [1.82, 2.24) is 9.97 Å². The van der Waals surface area contributed by atoms with Crippen LogP contribution >= 0.6 is 0 Å². The zero-order chi connectivity index (χ0) is 10.1. The van der Waals surface area contributed by atoms with Crippen molar-refractivity contribution in [2.75, 3.05) is 0 Å². The molecule has 74 valence electrons. The van der Waals surface area contributed by atoms with Gasteiger partial charge in [-0.15, -0.1) is 0 Å². The molecule has 0 bridgehead atoms. The summed E-state index contributed by atoms with van der Waals surface area (Å²) in [5.74, 6) is -0.493. The molecule has 0 spiro atoms. The third-order valence-corrected chi connectivity index (χ3v) is 2.04. The molecule has 0 saturated heterocycles. The van der Waals surface area contributed by atoms with E-state index in [1.54, 1.807) is 0 Å². The number of aromatic amines is 1. The van der Waals surface area contributed by atoms with Crippen molar-refractivity contribution in [1.29, 1.82) is 0 Å². The predicted molar refractivity (Wildman–Crippen MR) is 50.0 cm³/mol. The number of H-pyrrole nitrogens is 1. The Morgan fingerprint density at radius 3 is 2.86 bits per heavy atom. The van der Waals surface area contributed by atoms with Gasteiger partial charge in [-0.05, 0) is 12.5 Å². The van der Waals surface area contributed by atoms with Crippen LogP contribution in [0.25, 0.3) is 11.0 Å². The Hall–Kier alpha value is -1.45. The highest BCUT2D eigenvalue weighted by molar-refractivity contribution is 5.75. The highest BCUT2D eigenvalue weighted by atomic mass is 19.1. The molecule has 2 nitrogen and oxygen atoms in total.